The van der Waals surface area contributed by atoms with Gasteiger partial charge in [-0.05, 0) is 42.7 Å². The van der Waals surface area contributed by atoms with Gasteiger partial charge in [0.25, 0.3) is 0 Å². The number of carbonyl (C=O) groups is 1. The Morgan fingerprint density at radius 2 is 1.68 bits per heavy atom. The summed E-state index contributed by atoms with van der Waals surface area (Å²) in [4.78, 5) is 17.3. The second kappa shape index (κ2) is 9.86. The van der Waals surface area contributed by atoms with E-state index in [0.29, 0.717) is 0 Å². The highest BCUT2D eigenvalue weighted by molar-refractivity contribution is 7.99. The number of thioether (sulfide) groups is 1. The highest BCUT2D eigenvalue weighted by Gasteiger charge is 2.23. The van der Waals surface area contributed by atoms with Gasteiger partial charge in [-0.3, -0.25) is 0 Å². The Labute approximate surface area is 186 Å². The molecule has 158 valence electrons. The molecule has 1 heterocycles. The molecule has 0 saturated carbocycles. The zero-order valence-corrected chi connectivity index (χ0v) is 18.3. The third-order valence-electron chi connectivity index (χ3n) is 5.28. The Bertz CT molecular complexity index is 1160. The number of nitrogens with two attached hydrogens (primary N) is 1. The fourth-order valence-electron chi connectivity index (χ4n) is 3.62. The molecule has 1 aromatic heterocycles. The molecule has 4 aromatic rings. The molecule has 0 unspecified atom stereocenters. The Morgan fingerprint density at radius 3 is 2.52 bits per heavy atom. The molecule has 4 rings (SSSR count). The number of ether oxygens (including phenoxy) is 1. The number of hydrogen-bond acceptors (Lipinski definition) is 4. The zero-order chi connectivity index (χ0) is 21.6. The number of esters is 1. The summed E-state index contributed by atoms with van der Waals surface area (Å²) in [5.74, 6) is 0.476. The van der Waals surface area contributed by atoms with E-state index in [1.54, 1.807) is 11.8 Å². The third kappa shape index (κ3) is 5.01. The first-order valence-electron chi connectivity index (χ1n) is 10.4. The van der Waals surface area contributed by atoms with Gasteiger partial charge in [0.15, 0.2) is 0 Å². The number of benzene rings is 3. The van der Waals surface area contributed by atoms with Gasteiger partial charge >= 0.3 is 5.97 Å². The van der Waals surface area contributed by atoms with Crippen molar-refractivity contribution >= 4 is 28.6 Å². The van der Waals surface area contributed by atoms with Crippen molar-refractivity contribution in [2.24, 2.45) is 5.73 Å². The molecule has 0 fully saturated rings. The van der Waals surface area contributed by atoms with Crippen LogP contribution in [-0.4, -0.2) is 22.8 Å². The zero-order valence-electron chi connectivity index (χ0n) is 17.5. The summed E-state index contributed by atoms with van der Waals surface area (Å²) in [6.45, 7) is 1.92. The first-order chi connectivity index (χ1) is 15.1. The molecule has 0 saturated heterocycles. The molecule has 3 N–H and O–H groups in total. The van der Waals surface area contributed by atoms with E-state index in [4.69, 9.17) is 10.5 Å². The monoisotopic (exact) mass is 430 g/mol. The molecule has 2 atom stereocenters. The molecule has 0 aliphatic rings. The molecule has 0 amide bonds. The summed E-state index contributed by atoms with van der Waals surface area (Å²) in [5, 5.41) is 1.10. The minimum absolute atomic E-state index is 0.199. The Hall–Kier alpha value is -3.02. The number of aromatic amines is 1. The van der Waals surface area contributed by atoms with E-state index in [9.17, 15) is 4.79 Å². The Kier molecular flexibility index (Phi) is 6.75. The molecule has 0 aliphatic carbocycles. The fraction of sp³-hybridized carbons (Fsp3) is 0.192. The quantitative estimate of drug-likeness (QED) is 0.268. The second-order valence-electron chi connectivity index (χ2n) is 7.51. The van der Waals surface area contributed by atoms with E-state index in [0.717, 1.165) is 39.8 Å². The van der Waals surface area contributed by atoms with Crippen LogP contribution >= 0.6 is 11.8 Å². The van der Waals surface area contributed by atoms with Gasteiger partial charge in [-0.1, -0.05) is 60.7 Å². The lowest BCUT2D eigenvalue weighted by molar-refractivity contribution is -0.150. The van der Waals surface area contributed by atoms with Crippen molar-refractivity contribution in [2.45, 2.75) is 30.4 Å². The number of rotatable bonds is 8. The number of para-hydroxylation sites is 1. The SMILES string of the molecule is C[C@@H](CCSc1ccccc1)OC(=O)[C@@H](N)c1ccccc1-c1c[nH]c2ccccc12. The van der Waals surface area contributed by atoms with Crippen LogP contribution in [0.15, 0.2) is 90.0 Å². The van der Waals surface area contributed by atoms with Crippen molar-refractivity contribution in [1.82, 2.24) is 4.98 Å². The molecule has 31 heavy (non-hydrogen) atoms. The molecule has 4 nitrogen and oxygen atoms in total. The number of nitrogens with one attached hydrogen (secondary N) is 1. The van der Waals surface area contributed by atoms with E-state index < -0.39 is 12.0 Å². The summed E-state index contributed by atoms with van der Waals surface area (Å²) in [6, 6.07) is 25.2. The van der Waals surface area contributed by atoms with Gasteiger partial charge in [0.05, 0.1) is 6.10 Å². The predicted octanol–water partition coefficient (Wildman–Crippen LogP) is 5.95. The van der Waals surface area contributed by atoms with Crippen LogP contribution in [-0.2, 0) is 9.53 Å². The van der Waals surface area contributed by atoms with Crippen LogP contribution in [0.4, 0.5) is 0 Å². The molecular weight excluding hydrogens is 404 g/mol. The normalized spacial score (nSPS) is 13.1. The summed E-state index contributed by atoms with van der Waals surface area (Å²) in [6.07, 6.45) is 2.53. The van der Waals surface area contributed by atoms with Crippen LogP contribution < -0.4 is 5.73 Å². The van der Waals surface area contributed by atoms with Gasteiger partial charge in [0.1, 0.15) is 6.04 Å². The lowest BCUT2D eigenvalue weighted by Crippen LogP contribution is -2.27. The van der Waals surface area contributed by atoms with Crippen LogP contribution in [0.25, 0.3) is 22.0 Å². The standard InChI is InChI=1S/C26H26N2O2S/c1-18(15-16-31-19-9-3-2-4-10-19)30-26(29)25(27)22-13-6-5-11-20(22)23-17-28-24-14-8-7-12-21(23)24/h2-14,17-18,25,28H,15-16,27H2,1H3/t18-,25-/m0/s1. The van der Waals surface area contributed by atoms with Crippen LogP contribution in [0.1, 0.15) is 24.9 Å². The van der Waals surface area contributed by atoms with E-state index in [-0.39, 0.29) is 6.10 Å². The summed E-state index contributed by atoms with van der Waals surface area (Å²) >= 11 is 1.76. The van der Waals surface area contributed by atoms with Crippen molar-refractivity contribution in [3.8, 4) is 11.1 Å². The van der Waals surface area contributed by atoms with Crippen molar-refractivity contribution < 1.29 is 9.53 Å². The van der Waals surface area contributed by atoms with Crippen molar-refractivity contribution in [3.63, 3.8) is 0 Å². The lowest BCUT2D eigenvalue weighted by Gasteiger charge is -2.19. The molecule has 0 aliphatic heterocycles. The fourth-order valence-corrected chi connectivity index (χ4v) is 4.66. The van der Waals surface area contributed by atoms with Crippen LogP contribution in [0.2, 0.25) is 0 Å². The molecule has 0 bridgehead atoms. The molecule has 0 radical (unpaired) electrons. The Morgan fingerprint density at radius 1 is 0.968 bits per heavy atom. The highest BCUT2D eigenvalue weighted by Crippen LogP contribution is 2.33. The topological polar surface area (TPSA) is 68.1 Å². The number of carbonyl (C=O) groups excluding carboxylic acids is 1. The van der Waals surface area contributed by atoms with Gasteiger partial charge in [-0.2, -0.15) is 0 Å². The van der Waals surface area contributed by atoms with E-state index in [1.807, 2.05) is 73.8 Å². The van der Waals surface area contributed by atoms with Gasteiger partial charge < -0.3 is 15.5 Å². The molecular formula is C26H26N2O2S. The first-order valence-corrected chi connectivity index (χ1v) is 11.4. The van der Waals surface area contributed by atoms with E-state index in [2.05, 4.69) is 23.2 Å². The van der Waals surface area contributed by atoms with Crippen molar-refractivity contribution in [1.29, 1.82) is 0 Å². The van der Waals surface area contributed by atoms with E-state index in [1.165, 1.54) is 4.90 Å². The number of H-pyrrole nitrogens is 1. The minimum Gasteiger partial charge on any atom is -0.461 e. The van der Waals surface area contributed by atoms with Crippen molar-refractivity contribution in [3.05, 3.63) is 90.6 Å². The summed E-state index contributed by atoms with van der Waals surface area (Å²) in [5.41, 5.74) is 10.2. The van der Waals surface area contributed by atoms with Gasteiger partial charge in [0, 0.05) is 33.3 Å². The maximum Gasteiger partial charge on any atom is 0.327 e. The average molecular weight is 431 g/mol. The lowest BCUT2D eigenvalue weighted by atomic mass is 9.95. The first kappa shape index (κ1) is 21.2. The smallest absolute Gasteiger partial charge is 0.327 e. The molecule has 0 spiro atoms. The van der Waals surface area contributed by atoms with Crippen LogP contribution in [0.3, 0.4) is 0 Å². The van der Waals surface area contributed by atoms with E-state index >= 15 is 0 Å². The van der Waals surface area contributed by atoms with Gasteiger partial charge in [0.2, 0.25) is 0 Å². The van der Waals surface area contributed by atoms with Gasteiger partial charge in [-0.25, -0.2) is 4.79 Å². The number of hydrogen-bond donors (Lipinski definition) is 2. The predicted molar refractivity (Wildman–Crippen MR) is 128 cm³/mol. The van der Waals surface area contributed by atoms with Crippen LogP contribution in [0.5, 0.6) is 0 Å². The number of aromatic nitrogens is 1. The maximum absolute atomic E-state index is 12.8. The highest BCUT2D eigenvalue weighted by atomic mass is 32.2. The largest absolute Gasteiger partial charge is 0.461 e. The molecule has 5 heteroatoms. The van der Waals surface area contributed by atoms with Crippen molar-refractivity contribution in [2.75, 3.05) is 5.75 Å². The Balaban J connectivity index is 1.43. The molecule has 3 aromatic carbocycles. The second-order valence-corrected chi connectivity index (χ2v) is 8.68. The summed E-state index contributed by atoms with van der Waals surface area (Å²) < 4.78 is 5.68. The third-order valence-corrected chi connectivity index (χ3v) is 6.33. The minimum atomic E-state index is -0.839. The number of fused-ring (bicyclic) bond motifs is 1. The van der Waals surface area contributed by atoms with Crippen LogP contribution in [0, 0.1) is 0 Å². The maximum atomic E-state index is 12.8. The van der Waals surface area contributed by atoms with Gasteiger partial charge in [-0.15, -0.1) is 11.8 Å². The summed E-state index contributed by atoms with van der Waals surface area (Å²) in [7, 11) is 0. The average Bonchev–Trinajstić information content (AvgIpc) is 3.23.